The number of benzene rings is 1. The SMILES string of the molecule is CCOC(=O)C[C@]1(C)OC[C@H](c2ccccc2)O1. The van der Waals surface area contributed by atoms with Gasteiger partial charge >= 0.3 is 5.97 Å². The smallest absolute Gasteiger partial charge is 0.311 e. The summed E-state index contributed by atoms with van der Waals surface area (Å²) in [6.07, 6.45) is -0.00454. The highest BCUT2D eigenvalue weighted by Crippen LogP contribution is 2.35. The first-order chi connectivity index (χ1) is 8.63. The molecule has 1 aliphatic rings. The maximum atomic E-state index is 11.5. The maximum Gasteiger partial charge on any atom is 0.311 e. The van der Waals surface area contributed by atoms with E-state index in [1.807, 2.05) is 30.3 Å². The first-order valence-corrected chi connectivity index (χ1v) is 6.15. The number of carbonyl (C=O) groups excluding carboxylic acids is 1. The number of rotatable bonds is 4. The predicted octanol–water partition coefficient (Wildman–Crippen LogP) is 2.44. The molecule has 1 heterocycles. The Labute approximate surface area is 107 Å². The van der Waals surface area contributed by atoms with E-state index in [2.05, 4.69) is 0 Å². The van der Waals surface area contributed by atoms with E-state index in [1.165, 1.54) is 0 Å². The molecule has 0 saturated carbocycles. The normalized spacial score (nSPS) is 27.1. The van der Waals surface area contributed by atoms with Crippen molar-refractivity contribution < 1.29 is 19.0 Å². The molecule has 0 unspecified atom stereocenters. The van der Waals surface area contributed by atoms with Crippen molar-refractivity contribution in [1.82, 2.24) is 0 Å². The second-order valence-corrected chi connectivity index (χ2v) is 4.44. The van der Waals surface area contributed by atoms with Crippen LogP contribution in [0.4, 0.5) is 0 Å². The van der Waals surface area contributed by atoms with Crippen molar-refractivity contribution in [3.63, 3.8) is 0 Å². The number of esters is 1. The molecule has 4 heteroatoms. The van der Waals surface area contributed by atoms with Crippen LogP contribution in [-0.2, 0) is 19.0 Å². The Hall–Kier alpha value is -1.39. The van der Waals surface area contributed by atoms with Crippen LogP contribution < -0.4 is 0 Å². The third-order valence-electron chi connectivity index (χ3n) is 2.87. The van der Waals surface area contributed by atoms with Gasteiger partial charge in [0.25, 0.3) is 0 Å². The van der Waals surface area contributed by atoms with Crippen molar-refractivity contribution in [3.8, 4) is 0 Å². The molecule has 0 aliphatic carbocycles. The van der Waals surface area contributed by atoms with Gasteiger partial charge in [-0.3, -0.25) is 4.79 Å². The Bertz CT molecular complexity index is 404. The van der Waals surface area contributed by atoms with Crippen LogP contribution in [0.3, 0.4) is 0 Å². The third kappa shape index (κ3) is 3.09. The van der Waals surface area contributed by atoms with Crippen molar-refractivity contribution in [2.75, 3.05) is 13.2 Å². The molecule has 0 radical (unpaired) electrons. The van der Waals surface area contributed by atoms with Gasteiger partial charge in [-0.15, -0.1) is 0 Å². The zero-order valence-electron chi connectivity index (χ0n) is 10.7. The number of hydrogen-bond donors (Lipinski definition) is 0. The standard InChI is InChI=1S/C14H18O4/c1-3-16-13(15)9-14(2)17-10-12(18-14)11-7-5-4-6-8-11/h4-8,12H,3,9-10H2,1-2H3/t12-,14-/m1/s1. The summed E-state index contributed by atoms with van der Waals surface area (Å²) in [5, 5.41) is 0. The fourth-order valence-corrected chi connectivity index (χ4v) is 2.02. The van der Waals surface area contributed by atoms with Crippen LogP contribution >= 0.6 is 0 Å². The fourth-order valence-electron chi connectivity index (χ4n) is 2.02. The lowest BCUT2D eigenvalue weighted by molar-refractivity contribution is -0.180. The van der Waals surface area contributed by atoms with Gasteiger partial charge in [0.15, 0.2) is 5.79 Å². The largest absolute Gasteiger partial charge is 0.466 e. The van der Waals surface area contributed by atoms with Crippen molar-refractivity contribution in [1.29, 1.82) is 0 Å². The highest BCUT2D eigenvalue weighted by molar-refractivity contribution is 5.70. The molecule has 1 aromatic rings. The molecule has 0 spiro atoms. The second-order valence-electron chi connectivity index (χ2n) is 4.44. The summed E-state index contributed by atoms with van der Waals surface area (Å²) in [6.45, 7) is 4.38. The van der Waals surface area contributed by atoms with Crippen LogP contribution in [0, 0.1) is 0 Å². The molecule has 1 fully saturated rings. The van der Waals surface area contributed by atoms with Gasteiger partial charge in [0.1, 0.15) is 6.10 Å². The average molecular weight is 250 g/mol. The average Bonchev–Trinajstić information content (AvgIpc) is 2.73. The van der Waals surface area contributed by atoms with Gasteiger partial charge in [0.2, 0.25) is 0 Å². The molecular weight excluding hydrogens is 232 g/mol. The summed E-state index contributed by atoms with van der Waals surface area (Å²) in [5.74, 6) is -1.18. The quantitative estimate of drug-likeness (QED) is 0.770. The Morgan fingerprint density at radius 1 is 1.44 bits per heavy atom. The zero-order valence-corrected chi connectivity index (χ0v) is 10.7. The van der Waals surface area contributed by atoms with Crippen molar-refractivity contribution >= 4 is 5.97 Å². The molecule has 2 atom stereocenters. The molecule has 0 N–H and O–H groups in total. The molecule has 0 aromatic heterocycles. The van der Waals surface area contributed by atoms with Gasteiger partial charge in [-0.2, -0.15) is 0 Å². The van der Waals surface area contributed by atoms with Crippen molar-refractivity contribution in [2.45, 2.75) is 32.2 Å². The van der Waals surface area contributed by atoms with Crippen molar-refractivity contribution in [3.05, 3.63) is 35.9 Å². The Morgan fingerprint density at radius 2 is 2.17 bits per heavy atom. The summed E-state index contributed by atoms with van der Waals surface area (Å²) in [4.78, 5) is 11.5. The summed E-state index contributed by atoms with van der Waals surface area (Å²) >= 11 is 0. The lowest BCUT2D eigenvalue weighted by atomic mass is 10.1. The number of carbonyl (C=O) groups is 1. The topological polar surface area (TPSA) is 44.8 Å². The van der Waals surface area contributed by atoms with Crippen LogP contribution in [-0.4, -0.2) is 25.0 Å². The van der Waals surface area contributed by atoms with Crippen LogP contribution in [0.15, 0.2) is 30.3 Å². The minimum absolute atomic E-state index is 0.115. The molecule has 0 amide bonds. The number of ether oxygens (including phenoxy) is 3. The van der Waals surface area contributed by atoms with E-state index < -0.39 is 5.79 Å². The van der Waals surface area contributed by atoms with E-state index in [1.54, 1.807) is 13.8 Å². The van der Waals surface area contributed by atoms with Crippen molar-refractivity contribution in [2.24, 2.45) is 0 Å². The van der Waals surface area contributed by atoms with Crippen LogP contribution in [0.25, 0.3) is 0 Å². The molecule has 18 heavy (non-hydrogen) atoms. The minimum Gasteiger partial charge on any atom is -0.466 e. The fraction of sp³-hybridized carbons (Fsp3) is 0.500. The van der Waals surface area contributed by atoms with E-state index in [9.17, 15) is 4.79 Å². The molecule has 1 saturated heterocycles. The lowest BCUT2D eigenvalue weighted by Gasteiger charge is -2.22. The maximum absolute atomic E-state index is 11.5. The van der Waals surface area contributed by atoms with E-state index in [-0.39, 0.29) is 18.5 Å². The van der Waals surface area contributed by atoms with Crippen LogP contribution in [0.1, 0.15) is 31.9 Å². The Kier molecular flexibility index (Phi) is 3.99. The van der Waals surface area contributed by atoms with Gasteiger partial charge in [0, 0.05) is 0 Å². The molecule has 0 bridgehead atoms. The molecule has 1 aliphatic heterocycles. The molecule has 98 valence electrons. The monoisotopic (exact) mass is 250 g/mol. The minimum atomic E-state index is -0.882. The van der Waals surface area contributed by atoms with Gasteiger partial charge in [-0.25, -0.2) is 0 Å². The van der Waals surface area contributed by atoms with E-state index in [0.29, 0.717) is 13.2 Å². The van der Waals surface area contributed by atoms with E-state index in [0.717, 1.165) is 5.56 Å². The molecular formula is C14H18O4. The highest BCUT2D eigenvalue weighted by Gasteiger charge is 2.40. The summed E-state index contributed by atoms with van der Waals surface area (Å²) in [7, 11) is 0. The van der Waals surface area contributed by atoms with E-state index >= 15 is 0 Å². The number of hydrogen-bond acceptors (Lipinski definition) is 4. The first kappa shape index (κ1) is 13.1. The highest BCUT2D eigenvalue weighted by atomic mass is 16.7. The van der Waals surface area contributed by atoms with Crippen LogP contribution in [0.2, 0.25) is 0 Å². The zero-order chi connectivity index (χ0) is 13.0. The summed E-state index contributed by atoms with van der Waals surface area (Å²) in [5.41, 5.74) is 1.06. The van der Waals surface area contributed by atoms with E-state index in [4.69, 9.17) is 14.2 Å². The lowest BCUT2D eigenvalue weighted by Crippen LogP contribution is -2.30. The summed E-state index contributed by atoms with van der Waals surface area (Å²) < 4.78 is 16.3. The molecule has 1 aromatic carbocycles. The van der Waals surface area contributed by atoms with Gasteiger partial charge in [-0.05, 0) is 19.4 Å². The predicted molar refractivity (Wildman–Crippen MR) is 65.9 cm³/mol. The summed E-state index contributed by atoms with van der Waals surface area (Å²) in [6, 6.07) is 9.85. The third-order valence-corrected chi connectivity index (χ3v) is 2.87. The Balaban J connectivity index is 1.97. The first-order valence-electron chi connectivity index (χ1n) is 6.15. The molecule has 4 nitrogen and oxygen atoms in total. The second kappa shape index (κ2) is 5.50. The Morgan fingerprint density at radius 3 is 2.83 bits per heavy atom. The molecule has 2 rings (SSSR count). The van der Waals surface area contributed by atoms with Crippen LogP contribution in [0.5, 0.6) is 0 Å². The van der Waals surface area contributed by atoms with Gasteiger partial charge < -0.3 is 14.2 Å². The van der Waals surface area contributed by atoms with Gasteiger partial charge in [-0.1, -0.05) is 30.3 Å². The van der Waals surface area contributed by atoms with Gasteiger partial charge in [0.05, 0.1) is 19.6 Å².